The van der Waals surface area contributed by atoms with E-state index < -0.39 is 0 Å². The van der Waals surface area contributed by atoms with Crippen LogP contribution in [0.2, 0.25) is 5.02 Å². The van der Waals surface area contributed by atoms with Gasteiger partial charge in [-0.1, -0.05) is 35.5 Å². The third-order valence-electron chi connectivity index (χ3n) is 4.50. The fourth-order valence-electron chi connectivity index (χ4n) is 2.68. The molecule has 1 N–H and O–H groups in total. The van der Waals surface area contributed by atoms with Crippen LogP contribution in [0.5, 0.6) is 5.75 Å². The fourth-order valence-corrected chi connectivity index (χ4v) is 4.12. The summed E-state index contributed by atoms with van der Waals surface area (Å²) in [6.07, 6.45) is 0. The van der Waals surface area contributed by atoms with E-state index in [9.17, 15) is 4.79 Å². The molecule has 4 aromatic rings. The third kappa shape index (κ3) is 5.87. The van der Waals surface area contributed by atoms with E-state index in [-0.39, 0.29) is 18.3 Å². The van der Waals surface area contributed by atoms with E-state index in [1.54, 1.807) is 24.3 Å². The topological polar surface area (TPSA) is 90.1 Å². The molecule has 0 aliphatic heterocycles. The van der Waals surface area contributed by atoms with Crippen LogP contribution in [0.15, 0.2) is 57.5 Å². The number of amides is 1. The molecule has 2 heterocycles. The third-order valence-corrected chi connectivity index (χ3v) is 6.33. The summed E-state index contributed by atoms with van der Waals surface area (Å²) in [4.78, 5) is 16.8. The minimum absolute atomic E-state index is 0.123. The van der Waals surface area contributed by atoms with Gasteiger partial charge < -0.3 is 14.5 Å². The molecule has 32 heavy (non-hydrogen) atoms. The van der Waals surface area contributed by atoms with Crippen LogP contribution in [0.4, 0.5) is 5.13 Å². The molecule has 0 bridgehead atoms. The summed E-state index contributed by atoms with van der Waals surface area (Å²) in [6.45, 7) is 4.27. The van der Waals surface area contributed by atoms with Crippen molar-refractivity contribution in [3.8, 4) is 17.0 Å². The predicted octanol–water partition coefficient (Wildman–Crippen LogP) is 5.77. The van der Waals surface area contributed by atoms with Gasteiger partial charge in [-0.2, -0.15) is 0 Å². The van der Waals surface area contributed by atoms with Crippen molar-refractivity contribution in [2.45, 2.75) is 25.7 Å². The van der Waals surface area contributed by atoms with E-state index in [2.05, 4.69) is 46.5 Å². The van der Waals surface area contributed by atoms with E-state index >= 15 is 0 Å². The van der Waals surface area contributed by atoms with Gasteiger partial charge in [0.2, 0.25) is 5.91 Å². The smallest absolute Gasteiger partial charge is 0.277 e. The first-order valence-corrected chi connectivity index (χ1v) is 11.9. The molecule has 0 radical (unpaired) electrons. The molecule has 0 saturated heterocycles. The Kier molecular flexibility index (Phi) is 7.09. The number of nitrogens with zero attached hydrogens (tertiary/aromatic N) is 3. The van der Waals surface area contributed by atoms with Gasteiger partial charge in [-0.25, -0.2) is 4.98 Å². The van der Waals surface area contributed by atoms with Gasteiger partial charge in [-0.05, 0) is 55.3 Å². The predicted molar refractivity (Wildman–Crippen MR) is 126 cm³/mol. The van der Waals surface area contributed by atoms with E-state index in [0.717, 1.165) is 23.0 Å². The van der Waals surface area contributed by atoms with Crippen LogP contribution in [0.3, 0.4) is 0 Å². The number of halogens is 1. The lowest BCUT2D eigenvalue weighted by molar-refractivity contribution is -0.113. The minimum Gasteiger partial charge on any atom is -0.484 e. The lowest BCUT2D eigenvalue weighted by atomic mass is 10.1. The molecule has 164 valence electrons. The first-order chi connectivity index (χ1) is 15.5. The normalized spacial score (nSPS) is 10.8. The van der Waals surface area contributed by atoms with Crippen LogP contribution in [0, 0.1) is 13.8 Å². The van der Waals surface area contributed by atoms with E-state index in [1.807, 2.05) is 11.4 Å². The Hall–Kier alpha value is -2.88. The van der Waals surface area contributed by atoms with Crippen molar-refractivity contribution < 1.29 is 13.9 Å². The van der Waals surface area contributed by atoms with Gasteiger partial charge in [0.1, 0.15) is 5.75 Å². The van der Waals surface area contributed by atoms with Crippen molar-refractivity contribution in [3.63, 3.8) is 0 Å². The quantitative estimate of drug-likeness (QED) is 0.316. The Morgan fingerprint density at radius 1 is 1.16 bits per heavy atom. The second-order valence-corrected chi connectivity index (χ2v) is 9.10. The molecule has 10 heteroatoms. The Labute approximate surface area is 198 Å². The molecule has 0 aliphatic rings. The number of thiazole rings is 1. The lowest BCUT2D eigenvalue weighted by Gasteiger charge is -2.03. The number of aryl methyl sites for hydroxylation is 2. The molecule has 7 nitrogen and oxygen atoms in total. The molecule has 2 aromatic heterocycles. The van der Waals surface area contributed by atoms with Crippen molar-refractivity contribution in [1.29, 1.82) is 0 Å². The first-order valence-electron chi connectivity index (χ1n) is 9.63. The first kappa shape index (κ1) is 22.3. The van der Waals surface area contributed by atoms with Crippen molar-refractivity contribution in [2.24, 2.45) is 0 Å². The molecular formula is C22H19ClN4O3S2. The molecule has 4 rings (SSSR count). The van der Waals surface area contributed by atoms with Crippen molar-refractivity contribution in [2.75, 3.05) is 11.1 Å². The SMILES string of the molecule is Cc1ccc(-c2csc(NC(=O)CSc3nnc(COc4ccc(Cl)cc4)o3)n2)cc1C. The maximum atomic E-state index is 12.3. The molecule has 0 spiro atoms. The molecular weight excluding hydrogens is 468 g/mol. The second kappa shape index (κ2) is 10.2. The molecule has 2 aromatic carbocycles. The van der Waals surface area contributed by atoms with E-state index in [1.165, 1.54) is 22.5 Å². The van der Waals surface area contributed by atoms with Gasteiger partial charge in [0.25, 0.3) is 11.1 Å². The molecule has 0 aliphatic carbocycles. The number of rotatable bonds is 8. The summed E-state index contributed by atoms with van der Waals surface area (Å²) in [5, 5.41) is 14.1. The van der Waals surface area contributed by atoms with Gasteiger partial charge >= 0.3 is 0 Å². The summed E-state index contributed by atoms with van der Waals surface area (Å²) in [5.41, 5.74) is 4.30. The largest absolute Gasteiger partial charge is 0.484 e. The summed E-state index contributed by atoms with van der Waals surface area (Å²) >= 11 is 8.38. The maximum absolute atomic E-state index is 12.3. The van der Waals surface area contributed by atoms with E-state index in [4.69, 9.17) is 20.8 Å². The van der Waals surface area contributed by atoms with Gasteiger partial charge in [0.05, 0.1) is 11.4 Å². The highest BCUT2D eigenvalue weighted by molar-refractivity contribution is 7.99. The molecule has 0 fully saturated rings. The van der Waals surface area contributed by atoms with Gasteiger partial charge in [0.15, 0.2) is 11.7 Å². The average molecular weight is 487 g/mol. The number of benzene rings is 2. The van der Waals surface area contributed by atoms with Gasteiger partial charge in [-0.3, -0.25) is 4.79 Å². The number of hydrogen-bond donors (Lipinski definition) is 1. The molecule has 0 saturated carbocycles. The molecule has 0 unspecified atom stereocenters. The highest BCUT2D eigenvalue weighted by Crippen LogP contribution is 2.27. The highest BCUT2D eigenvalue weighted by Gasteiger charge is 2.13. The monoisotopic (exact) mass is 486 g/mol. The second-order valence-electron chi connectivity index (χ2n) is 6.88. The zero-order valence-corrected chi connectivity index (χ0v) is 19.7. The number of ether oxygens (including phenoxy) is 1. The number of thioether (sulfide) groups is 1. The van der Waals surface area contributed by atoms with Crippen molar-refractivity contribution in [1.82, 2.24) is 15.2 Å². The van der Waals surface area contributed by atoms with E-state index in [0.29, 0.717) is 27.0 Å². The van der Waals surface area contributed by atoms with Crippen LogP contribution >= 0.6 is 34.7 Å². The summed E-state index contributed by atoms with van der Waals surface area (Å²) < 4.78 is 11.1. The van der Waals surface area contributed by atoms with Gasteiger partial charge in [-0.15, -0.1) is 21.5 Å². The zero-order chi connectivity index (χ0) is 22.5. The standard InChI is InChI=1S/C22H19ClN4O3S2/c1-13-3-4-15(9-14(13)2)18-11-31-21(24-18)25-19(28)12-32-22-27-26-20(30-22)10-29-17-7-5-16(23)6-8-17/h3-9,11H,10,12H2,1-2H3,(H,24,25,28). The number of hydrogen-bond acceptors (Lipinski definition) is 8. The Morgan fingerprint density at radius 3 is 2.75 bits per heavy atom. The van der Waals surface area contributed by atoms with Crippen molar-refractivity contribution >= 4 is 45.7 Å². The number of nitrogens with one attached hydrogen (secondary N) is 1. The van der Waals surface area contributed by atoms with Gasteiger partial charge in [0, 0.05) is 16.0 Å². The van der Waals surface area contributed by atoms with Crippen LogP contribution in [0.1, 0.15) is 17.0 Å². The lowest BCUT2D eigenvalue weighted by Crippen LogP contribution is -2.13. The highest BCUT2D eigenvalue weighted by atomic mass is 35.5. The number of carbonyl (C=O) groups is 1. The molecule has 1 amide bonds. The average Bonchev–Trinajstić information content (AvgIpc) is 3.43. The summed E-state index contributed by atoms with van der Waals surface area (Å²) in [7, 11) is 0. The van der Waals surface area contributed by atoms with Crippen LogP contribution in [-0.4, -0.2) is 26.8 Å². The fraction of sp³-hybridized carbons (Fsp3) is 0.182. The Balaban J connectivity index is 1.26. The number of carbonyl (C=O) groups excluding carboxylic acids is 1. The minimum atomic E-state index is -0.201. The number of aromatic nitrogens is 3. The number of anilines is 1. The zero-order valence-electron chi connectivity index (χ0n) is 17.3. The van der Waals surface area contributed by atoms with Crippen LogP contribution in [-0.2, 0) is 11.4 Å². The Morgan fingerprint density at radius 2 is 1.97 bits per heavy atom. The Bertz CT molecular complexity index is 1220. The van der Waals surface area contributed by atoms with Crippen molar-refractivity contribution in [3.05, 3.63) is 69.9 Å². The summed E-state index contributed by atoms with van der Waals surface area (Å²) in [5.74, 6) is 0.886. The summed E-state index contributed by atoms with van der Waals surface area (Å²) in [6, 6.07) is 13.2. The van der Waals surface area contributed by atoms with Crippen LogP contribution < -0.4 is 10.1 Å². The molecule has 0 atom stereocenters. The maximum Gasteiger partial charge on any atom is 0.277 e. The van der Waals surface area contributed by atoms with Crippen LogP contribution in [0.25, 0.3) is 11.3 Å².